The first kappa shape index (κ1) is 17.0. The minimum absolute atomic E-state index is 0.507. The van der Waals surface area contributed by atoms with Crippen molar-refractivity contribution in [3.63, 3.8) is 0 Å². The summed E-state index contributed by atoms with van der Waals surface area (Å²) < 4.78 is 0. The van der Waals surface area contributed by atoms with Crippen molar-refractivity contribution in [3.05, 3.63) is 0 Å². The topological polar surface area (TPSA) is 15.3 Å². The molecule has 0 aliphatic carbocycles. The number of piperidine rings is 1. The Kier molecular flexibility index (Phi) is 7.38. The molecule has 1 fully saturated rings. The van der Waals surface area contributed by atoms with Gasteiger partial charge in [0.2, 0.25) is 0 Å². The molecule has 0 bridgehead atoms. The van der Waals surface area contributed by atoms with Crippen LogP contribution < -0.4 is 5.32 Å². The largest absolute Gasteiger partial charge is 0.312 e. The quantitative estimate of drug-likeness (QED) is 0.714. The molecule has 1 aliphatic rings. The third kappa shape index (κ3) is 5.43. The highest BCUT2D eigenvalue weighted by Gasteiger charge is 2.32. The van der Waals surface area contributed by atoms with Crippen LogP contribution in [0.2, 0.25) is 0 Å². The molecule has 2 unspecified atom stereocenters. The Labute approximate surface area is 121 Å². The van der Waals surface area contributed by atoms with Crippen molar-refractivity contribution < 1.29 is 0 Å². The second kappa shape index (κ2) is 8.26. The molecule has 2 heteroatoms. The van der Waals surface area contributed by atoms with Gasteiger partial charge in [-0.3, -0.25) is 4.90 Å². The van der Waals surface area contributed by atoms with Crippen molar-refractivity contribution in [2.24, 2.45) is 5.41 Å². The Bertz CT molecular complexity index is 237. The molecule has 0 saturated carbocycles. The molecular formula is C17H36N2. The average Bonchev–Trinajstić information content (AvgIpc) is 2.35. The van der Waals surface area contributed by atoms with Gasteiger partial charge in [0.1, 0.15) is 0 Å². The fourth-order valence-electron chi connectivity index (χ4n) is 3.62. The van der Waals surface area contributed by atoms with Crippen LogP contribution in [-0.4, -0.2) is 36.6 Å². The fourth-order valence-corrected chi connectivity index (χ4v) is 3.62. The summed E-state index contributed by atoms with van der Waals surface area (Å²) in [4.78, 5) is 2.77. The maximum absolute atomic E-state index is 3.80. The summed E-state index contributed by atoms with van der Waals surface area (Å²) in [5, 5.41) is 3.80. The van der Waals surface area contributed by atoms with Crippen LogP contribution >= 0.6 is 0 Å². The summed E-state index contributed by atoms with van der Waals surface area (Å²) >= 11 is 0. The van der Waals surface area contributed by atoms with Crippen molar-refractivity contribution >= 4 is 0 Å². The fraction of sp³-hybridized carbons (Fsp3) is 1.00. The molecule has 1 N–H and O–H groups in total. The second-order valence-corrected chi connectivity index (χ2v) is 7.06. The number of likely N-dealkylation sites (tertiary alicyclic amines) is 1. The monoisotopic (exact) mass is 268 g/mol. The van der Waals surface area contributed by atoms with Crippen LogP contribution in [0.5, 0.6) is 0 Å². The van der Waals surface area contributed by atoms with Crippen LogP contribution in [0.1, 0.15) is 73.1 Å². The first-order chi connectivity index (χ1) is 9.04. The molecule has 0 radical (unpaired) electrons. The summed E-state index contributed by atoms with van der Waals surface area (Å²) in [6.07, 6.45) is 7.88. The molecule has 2 atom stereocenters. The first-order valence-electron chi connectivity index (χ1n) is 8.51. The van der Waals surface area contributed by atoms with Gasteiger partial charge in [-0.05, 0) is 50.6 Å². The predicted molar refractivity (Wildman–Crippen MR) is 85.7 cm³/mol. The smallest absolute Gasteiger partial charge is 0.0246 e. The van der Waals surface area contributed by atoms with E-state index in [2.05, 4.69) is 44.8 Å². The maximum Gasteiger partial charge on any atom is 0.0246 e. The SMILES string of the molecule is CCCNC(CCC)C(CC)N1CCCC(C)(C)C1. The number of nitrogens with one attached hydrogen (secondary N) is 1. The van der Waals surface area contributed by atoms with Gasteiger partial charge in [-0.25, -0.2) is 0 Å². The second-order valence-electron chi connectivity index (χ2n) is 7.06. The lowest BCUT2D eigenvalue weighted by Crippen LogP contribution is -2.54. The molecule has 0 amide bonds. The number of hydrogen-bond acceptors (Lipinski definition) is 2. The molecule has 2 nitrogen and oxygen atoms in total. The van der Waals surface area contributed by atoms with E-state index in [1.165, 1.54) is 58.2 Å². The minimum Gasteiger partial charge on any atom is -0.312 e. The van der Waals surface area contributed by atoms with Gasteiger partial charge in [0.15, 0.2) is 0 Å². The summed E-state index contributed by atoms with van der Waals surface area (Å²) in [5.74, 6) is 0. The Morgan fingerprint density at radius 2 is 1.89 bits per heavy atom. The van der Waals surface area contributed by atoms with Gasteiger partial charge in [-0.15, -0.1) is 0 Å². The van der Waals surface area contributed by atoms with E-state index in [-0.39, 0.29) is 0 Å². The number of rotatable bonds is 8. The van der Waals surface area contributed by atoms with Crippen LogP contribution in [-0.2, 0) is 0 Å². The Hall–Kier alpha value is -0.0800. The number of hydrogen-bond donors (Lipinski definition) is 1. The molecular weight excluding hydrogens is 232 g/mol. The third-order valence-electron chi connectivity index (χ3n) is 4.54. The van der Waals surface area contributed by atoms with E-state index in [1.54, 1.807) is 0 Å². The van der Waals surface area contributed by atoms with Gasteiger partial charge in [0, 0.05) is 18.6 Å². The van der Waals surface area contributed by atoms with E-state index in [0.29, 0.717) is 11.5 Å². The molecule has 1 saturated heterocycles. The van der Waals surface area contributed by atoms with E-state index >= 15 is 0 Å². The van der Waals surface area contributed by atoms with E-state index in [4.69, 9.17) is 0 Å². The summed E-state index contributed by atoms with van der Waals surface area (Å²) in [6, 6.07) is 1.41. The van der Waals surface area contributed by atoms with Gasteiger partial charge < -0.3 is 5.32 Å². The van der Waals surface area contributed by atoms with Gasteiger partial charge in [0.05, 0.1) is 0 Å². The predicted octanol–water partition coefficient (Wildman–Crippen LogP) is 4.06. The normalized spacial score (nSPS) is 23.2. The van der Waals surface area contributed by atoms with Crippen molar-refractivity contribution in [1.82, 2.24) is 10.2 Å². The van der Waals surface area contributed by atoms with Crippen molar-refractivity contribution in [3.8, 4) is 0 Å². The highest BCUT2D eigenvalue weighted by molar-refractivity contribution is 4.89. The number of nitrogens with zero attached hydrogens (tertiary/aromatic N) is 1. The Morgan fingerprint density at radius 3 is 2.42 bits per heavy atom. The van der Waals surface area contributed by atoms with Gasteiger partial charge in [0.25, 0.3) is 0 Å². The summed E-state index contributed by atoms with van der Waals surface area (Å²) in [6.45, 7) is 15.5. The van der Waals surface area contributed by atoms with Crippen LogP contribution in [0.15, 0.2) is 0 Å². The Balaban J connectivity index is 2.66. The molecule has 0 aromatic carbocycles. The van der Waals surface area contributed by atoms with Crippen LogP contribution in [0.4, 0.5) is 0 Å². The van der Waals surface area contributed by atoms with Crippen molar-refractivity contribution in [1.29, 1.82) is 0 Å². The van der Waals surface area contributed by atoms with Gasteiger partial charge >= 0.3 is 0 Å². The molecule has 1 heterocycles. The molecule has 19 heavy (non-hydrogen) atoms. The molecule has 1 aliphatic heterocycles. The molecule has 0 aromatic rings. The first-order valence-corrected chi connectivity index (χ1v) is 8.51. The van der Waals surface area contributed by atoms with E-state index < -0.39 is 0 Å². The lowest BCUT2D eigenvalue weighted by Gasteiger charge is -2.45. The van der Waals surface area contributed by atoms with Crippen LogP contribution in [0.3, 0.4) is 0 Å². The van der Waals surface area contributed by atoms with Crippen molar-refractivity contribution in [2.75, 3.05) is 19.6 Å². The molecule has 1 rings (SSSR count). The zero-order valence-corrected chi connectivity index (χ0v) is 14.0. The van der Waals surface area contributed by atoms with Gasteiger partial charge in [-0.2, -0.15) is 0 Å². The maximum atomic E-state index is 3.80. The van der Waals surface area contributed by atoms with Gasteiger partial charge in [-0.1, -0.05) is 41.0 Å². The van der Waals surface area contributed by atoms with E-state index in [9.17, 15) is 0 Å². The third-order valence-corrected chi connectivity index (χ3v) is 4.54. The van der Waals surface area contributed by atoms with Crippen LogP contribution in [0.25, 0.3) is 0 Å². The minimum atomic E-state index is 0.507. The molecule has 0 spiro atoms. The Morgan fingerprint density at radius 1 is 1.16 bits per heavy atom. The highest BCUT2D eigenvalue weighted by atomic mass is 15.2. The zero-order valence-electron chi connectivity index (χ0n) is 14.0. The standard InChI is InChI=1S/C17H36N2/c1-6-10-15(18-12-7-2)16(8-3)19-13-9-11-17(4,5)14-19/h15-16,18H,6-14H2,1-5H3. The molecule has 114 valence electrons. The van der Waals surface area contributed by atoms with Crippen molar-refractivity contribution in [2.45, 2.75) is 85.2 Å². The van der Waals surface area contributed by atoms with Crippen LogP contribution in [0, 0.1) is 5.41 Å². The lowest BCUT2D eigenvalue weighted by molar-refractivity contribution is 0.0568. The zero-order chi connectivity index (χ0) is 14.3. The van der Waals surface area contributed by atoms with E-state index in [0.717, 1.165) is 6.04 Å². The molecule has 0 aromatic heterocycles. The summed E-state index contributed by atoms with van der Waals surface area (Å²) in [7, 11) is 0. The lowest BCUT2D eigenvalue weighted by atomic mass is 9.82. The summed E-state index contributed by atoms with van der Waals surface area (Å²) in [5.41, 5.74) is 0.507. The average molecular weight is 268 g/mol. The highest BCUT2D eigenvalue weighted by Crippen LogP contribution is 2.31. The van der Waals surface area contributed by atoms with E-state index in [1.807, 2.05) is 0 Å².